The number of carbonyl (C=O) groups is 4. The van der Waals surface area contributed by atoms with Gasteiger partial charge in [0.05, 0.1) is 16.7 Å². The lowest BCUT2D eigenvalue weighted by molar-refractivity contribution is -0.134. The summed E-state index contributed by atoms with van der Waals surface area (Å²) in [7, 11) is 0. The van der Waals surface area contributed by atoms with E-state index < -0.39 is 24.3 Å². The second-order valence-electron chi connectivity index (χ2n) is 6.73. The molecule has 6 nitrogen and oxygen atoms in total. The third-order valence-electron chi connectivity index (χ3n) is 5.01. The largest absolute Gasteiger partial charge is 0.424 e. The smallest absolute Gasteiger partial charge is 0.331 e. The van der Waals surface area contributed by atoms with Crippen molar-refractivity contribution in [3.8, 4) is 5.75 Å². The molecule has 1 heterocycles. The van der Waals surface area contributed by atoms with Crippen molar-refractivity contribution in [3.63, 3.8) is 0 Å². The van der Waals surface area contributed by atoms with E-state index in [-0.39, 0.29) is 22.7 Å². The van der Waals surface area contributed by atoms with Crippen LogP contribution in [0.3, 0.4) is 0 Å². The summed E-state index contributed by atoms with van der Waals surface area (Å²) >= 11 is 0. The number of Topliss-reactive ketones (excluding diaryl/α,β-unsaturated/α-hetero) is 1. The average Bonchev–Trinajstić information content (AvgIpc) is 2.89. The highest BCUT2D eigenvalue weighted by atomic mass is 16.5. The summed E-state index contributed by atoms with van der Waals surface area (Å²) in [6.07, 6.45) is 1.95. The zero-order valence-electron chi connectivity index (χ0n) is 14.8. The molecule has 136 valence electrons. The fraction of sp³-hybridized carbons (Fsp3) is 0.238. The molecule has 0 atom stereocenters. The van der Waals surface area contributed by atoms with Crippen LogP contribution in [0.5, 0.6) is 5.75 Å². The molecule has 0 N–H and O–H groups in total. The van der Waals surface area contributed by atoms with Crippen molar-refractivity contribution in [1.82, 2.24) is 4.90 Å². The summed E-state index contributed by atoms with van der Waals surface area (Å²) in [5.74, 6) is -1.65. The first-order chi connectivity index (χ1) is 13.0. The van der Waals surface area contributed by atoms with E-state index in [0.717, 1.165) is 28.9 Å². The van der Waals surface area contributed by atoms with Crippen LogP contribution in [0.25, 0.3) is 0 Å². The summed E-state index contributed by atoms with van der Waals surface area (Å²) in [6.45, 7) is 1.42. The Kier molecular flexibility index (Phi) is 4.11. The van der Waals surface area contributed by atoms with E-state index in [9.17, 15) is 19.2 Å². The molecule has 2 aromatic carbocycles. The first kappa shape index (κ1) is 17.1. The second-order valence-corrected chi connectivity index (χ2v) is 6.73. The normalized spacial score (nSPS) is 15.6. The number of hydrogen-bond donors (Lipinski definition) is 0. The van der Waals surface area contributed by atoms with E-state index in [4.69, 9.17) is 4.74 Å². The van der Waals surface area contributed by atoms with Gasteiger partial charge in [0.15, 0.2) is 5.78 Å². The van der Waals surface area contributed by atoms with Crippen LogP contribution in [0, 0.1) is 6.92 Å². The molecular weight excluding hydrogens is 346 g/mol. The van der Waals surface area contributed by atoms with Crippen molar-refractivity contribution >= 4 is 23.6 Å². The quantitative estimate of drug-likeness (QED) is 0.476. The van der Waals surface area contributed by atoms with Gasteiger partial charge >= 0.3 is 5.97 Å². The zero-order valence-corrected chi connectivity index (χ0v) is 14.8. The van der Waals surface area contributed by atoms with Crippen LogP contribution in [0.15, 0.2) is 36.4 Å². The number of amides is 2. The van der Waals surface area contributed by atoms with E-state index in [1.54, 1.807) is 30.3 Å². The number of carbonyl (C=O) groups excluding carboxylic acids is 4. The number of benzene rings is 2. The van der Waals surface area contributed by atoms with Crippen LogP contribution < -0.4 is 4.74 Å². The van der Waals surface area contributed by atoms with Crippen LogP contribution in [-0.4, -0.2) is 35.0 Å². The molecule has 0 spiro atoms. The third kappa shape index (κ3) is 2.83. The maximum absolute atomic E-state index is 12.4. The SMILES string of the molecule is Cc1ccc(OC(=O)CN2C(=O)c3ccccc3C2=O)c2c1CCCC2=O. The minimum absolute atomic E-state index is 0.0523. The van der Waals surface area contributed by atoms with Gasteiger partial charge in [-0.2, -0.15) is 0 Å². The van der Waals surface area contributed by atoms with Gasteiger partial charge in [-0.3, -0.25) is 19.3 Å². The van der Waals surface area contributed by atoms with E-state index in [2.05, 4.69) is 0 Å². The molecule has 0 bridgehead atoms. The number of ether oxygens (including phenoxy) is 1. The third-order valence-corrected chi connectivity index (χ3v) is 5.01. The minimum atomic E-state index is -0.756. The Labute approximate surface area is 155 Å². The van der Waals surface area contributed by atoms with Gasteiger partial charge in [0.25, 0.3) is 11.8 Å². The summed E-state index contributed by atoms with van der Waals surface area (Å²) in [5, 5.41) is 0. The number of hydrogen-bond acceptors (Lipinski definition) is 5. The van der Waals surface area contributed by atoms with E-state index in [0.29, 0.717) is 12.0 Å². The Morgan fingerprint density at radius 1 is 1.00 bits per heavy atom. The molecule has 1 aliphatic heterocycles. The minimum Gasteiger partial charge on any atom is -0.424 e. The van der Waals surface area contributed by atoms with Crippen LogP contribution in [-0.2, 0) is 11.2 Å². The van der Waals surface area contributed by atoms with Gasteiger partial charge in [-0.05, 0) is 49.1 Å². The summed E-state index contributed by atoms with van der Waals surface area (Å²) in [6, 6.07) is 9.83. The van der Waals surface area contributed by atoms with Crippen LogP contribution in [0.2, 0.25) is 0 Å². The van der Waals surface area contributed by atoms with Crippen molar-refractivity contribution in [3.05, 3.63) is 64.2 Å². The Balaban J connectivity index is 1.56. The first-order valence-electron chi connectivity index (χ1n) is 8.79. The Bertz CT molecular complexity index is 973. The molecule has 0 saturated carbocycles. The molecule has 0 unspecified atom stereocenters. The highest BCUT2D eigenvalue weighted by molar-refractivity contribution is 6.22. The maximum Gasteiger partial charge on any atom is 0.331 e. The van der Waals surface area contributed by atoms with Crippen LogP contribution in [0.4, 0.5) is 0 Å². The van der Waals surface area contributed by atoms with Gasteiger partial charge in [0.2, 0.25) is 0 Å². The molecule has 2 amide bonds. The lowest BCUT2D eigenvalue weighted by atomic mass is 9.87. The molecular formula is C21H17NO5. The highest BCUT2D eigenvalue weighted by Crippen LogP contribution is 2.32. The number of ketones is 1. The number of nitrogens with zero attached hydrogens (tertiary/aromatic N) is 1. The molecule has 0 saturated heterocycles. The predicted octanol–water partition coefficient (Wildman–Crippen LogP) is 2.72. The molecule has 0 aromatic heterocycles. The molecule has 0 fully saturated rings. The van der Waals surface area contributed by atoms with Crippen LogP contribution >= 0.6 is 0 Å². The topological polar surface area (TPSA) is 80.8 Å². The number of imide groups is 1. The van der Waals surface area contributed by atoms with Crippen molar-refractivity contribution < 1.29 is 23.9 Å². The Hall–Kier alpha value is -3.28. The van der Waals surface area contributed by atoms with Gasteiger partial charge in [-0.15, -0.1) is 0 Å². The lowest BCUT2D eigenvalue weighted by Gasteiger charge is -2.20. The molecule has 0 radical (unpaired) electrons. The van der Waals surface area contributed by atoms with Gasteiger partial charge in [-0.25, -0.2) is 4.79 Å². The van der Waals surface area contributed by atoms with Gasteiger partial charge in [0, 0.05) is 6.42 Å². The lowest BCUT2D eigenvalue weighted by Crippen LogP contribution is -2.36. The molecule has 2 aliphatic rings. The number of rotatable bonds is 3. The summed E-state index contributed by atoms with van der Waals surface area (Å²) in [4.78, 5) is 50.3. The average molecular weight is 363 g/mol. The van der Waals surface area contributed by atoms with Gasteiger partial charge in [-0.1, -0.05) is 18.2 Å². The Morgan fingerprint density at radius 3 is 2.33 bits per heavy atom. The predicted molar refractivity (Wildman–Crippen MR) is 95.9 cm³/mol. The highest BCUT2D eigenvalue weighted by Gasteiger charge is 2.37. The van der Waals surface area contributed by atoms with Crippen molar-refractivity contribution in [2.45, 2.75) is 26.2 Å². The molecule has 6 heteroatoms. The summed E-state index contributed by atoms with van der Waals surface area (Å²) in [5.41, 5.74) is 2.88. The molecule has 2 aromatic rings. The van der Waals surface area contributed by atoms with Gasteiger partial charge < -0.3 is 4.74 Å². The van der Waals surface area contributed by atoms with E-state index in [1.165, 1.54) is 0 Å². The molecule has 4 rings (SSSR count). The second kappa shape index (κ2) is 6.46. The van der Waals surface area contributed by atoms with Crippen LogP contribution in [0.1, 0.15) is 55.0 Å². The standard InChI is InChI=1S/C21H17NO5/c1-12-9-10-17(19-13(12)7-4-8-16(19)23)27-18(24)11-22-20(25)14-5-2-3-6-15(14)21(22)26/h2-3,5-6,9-10H,4,7-8,11H2,1H3. The van der Waals surface area contributed by atoms with Gasteiger partial charge in [0.1, 0.15) is 12.3 Å². The summed E-state index contributed by atoms with van der Waals surface area (Å²) < 4.78 is 5.39. The maximum atomic E-state index is 12.4. The number of fused-ring (bicyclic) bond motifs is 2. The Morgan fingerprint density at radius 2 is 1.67 bits per heavy atom. The van der Waals surface area contributed by atoms with E-state index >= 15 is 0 Å². The fourth-order valence-corrected chi connectivity index (χ4v) is 3.66. The first-order valence-corrected chi connectivity index (χ1v) is 8.79. The zero-order chi connectivity index (χ0) is 19.1. The molecule has 27 heavy (non-hydrogen) atoms. The molecule has 1 aliphatic carbocycles. The van der Waals surface area contributed by atoms with Crippen molar-refractivity contribution in [2.75, 3.05) is 6.54 Å². The van der Waals surface area contributed by atoms with Crippen molar-refractivity contribution in [1.29, 1.82) is 0 Å². The van der Waals surface area contributed by atoms with Crippen molar-refractivity contribution in [2.24, 2.45) is 0 Å². The number of esters is 1. The van der Waals surface area contributed by atoms with E-state index in [1.807, 2.05) is 13.0 Å². The fourth-order valence-electron chi connectivity index (χ4n) is 3.66. The number of aryl methyl sites for hydroxylation is 1. The monoisotopic (exact) mass is 363 g/mol.